The van der Waals surface area contributed by atoms with Gasteiger partial charge in [-0.05, 0) is 12.5 Å². The fourth-order valence-corrected chi connectivity index (χ4v) is 2.30. The van der Waals surface area contributed by atoms with Gasteiger partial charge in [0.1, 0.15) is 6.10 Å². The second kappa shape index (κ2) is 5.23. The first-order chi connectivity index (χ1) is 7.81. The molecule has 1 unspecified atom stereocenters. The van der Waals surface area contributed by atoms with Crippen molar-refractivity contribution in [1.82, 2.24) is 14.8 Å². The summed E-state index contributed by atoms with van der Waals surface area (Å²) >= 11 is 1.57. The van der Waals surface area contributed by atoms with Gasteiger partial charge in [-0.3, -0.25) is 4.68 Å². The molecular weight excluding hydrogens is 222 g/mol. The summed E-state index contributed by atoms with van der Waals surface area (Å²) in [6, 6.07) is 1.87. The number of aryl methyl sites for hydroxylation is 1. The highest BCUT2D eigenvalue weighted by atomic mass is 32.1. The summed E-state index contributed by atoms with van der Waals surface area (Å²) in [6.45, 7) is 2.94. The van der Waals surface area contributed by atoms with Crippen molar-refractivity contribution in [3.63, 3.8) is 0 Å². The van der Waals surface area contributed by atoms with Gasteiger partial charge >= 0.3 is 0 Å². The van der Waals surface area contributed by atoms with Crippen LogP contribution in [0.4, 0.5) is 0 Å². The normalized spacial score (nSPS) is 12.9. The molecule has 0 saturated carbocycles. The van der Waals surface area contributed by atoms with Crippen LogP contribution in [0, 0.1) is 0 Å². The Morgan fingerprint density at radius 1 is 1.50 bits per heavy atom. The quantitative estimate of drug-likeness (QED) is 0.865. The number of aliphatic hydroxyl groups is 1. The molecule has 2 aromatic rings. The molecule has 5 heteroatoms. The summed E-state index contributed by atoms with van der Waals surface area (Å²) in [6.07, 6.45) is 4.55. The summed E-state index contributed by atoms with van der Waals surface area (Å²) in [5, 5.41) is 17.2. The SMILES string of the molecule is CCCn1nccc1C(O)Cc1nccs1. The third-order valence-corrected chi connectivity index (χ3v) is 3.18. The van der Waals surface area contributed by atoms with Crippen LogP contribution in [0.1, 0.15) is 30.2 Å². The third kappa shape index (κ3) is 2.48. The van der Waals surface area contributed by atoms with Crippen molar-refractivity contribution in [3.05, 3.63) is 34.5 Å². The Kier molecular flexibility index (Phi) is 3.69. The average Bonchev–Trinajstić information content (AvgIpc) is 2.89. The maximum atomic E-state index is 10.1. The van der Waals surface area contributed by atoms with Gasteiger partial charge in [0, 0.05) is 30.7 Å². The fourth-order valence-electron chi connectivity index (χ4n) is 1.65. The van der Waals surface area contributed by atoms with E-state index in [0.29, 0.717) is 6.42 Å². The lowest BCUT2D eigenvalue weighted by molar-refractivity contribution is 0.166. The predicted molar refractivity (Wildman–Crippen MR) is 63.3 cm³/mol. The molecule has 0 saturated heterocycles. The van der Waals surface area contributed by atoms with Crippen molar-refractivity contribution >= 4 is 11.3 Å². The lowest BCUT2D eigenvalue weighted by Gasteiger charge is -2.11. The highest BCUT2D eigenvalue weighted by Crippen LogP contribution is 2.19. The molecule has 2 rings (SSSR count). The van der Waals surface area contributed by atoms with Crippen LogP contribution in [0.2, 0.25) is 0 Å². The number of hydrogen-bond acceptors (Lipinski definition) is 4. The van der Waals surface area contributed by atoms with Crippen molar-refractivity contribution in [3.8, 4) is 0 Å². The number of hydrogen-bond donors (Lipinski definition) is 1. The summed E-state index contributed by atoms with van der Waals surface area (Å²) in [7, 11) is 0. The molecule has 0 aromatic carbocycles. The Hall–Kier alpha value is -1.20. The van der Waals surface area contributed by atoms with Crippen LogP contribution in [0.5, 0.6) is 0 Å². The Morgan fingerprint density at radius 3 is 3.06 bits per heavy atom. The molecule has 0 aliphatic rings. The van der Waals surface area contributed by atoms with Crippen LogP contribution in [0.3, 0.4) is 0 Å². The van der Waals surface area contributed by atoms with Gasteiger partial charge in [-0.2, -0.15) is 5.10 Å². The van der Waals surface area contributed by atoms with Gasteiger partial charge in [0.15, 0.2) is 0 Å². The minimum atomic E-state index is -0.514. The van der Waals surface area contributed by atoms with Crippen molar-refractivity contribution < 1.29 is 5.11 Å². The highest BCUT2D eigenvalue weighted by molar-refractivity contribution is 7.09. The van der Waals surface area contributed by atoms with E-state index in [9.17, 15) is 5.11 Å². The van der Waals surface area contributed by atoms with Gasteiger partial charge < -0.3 is 5.11 Å². The molecule has 0 spiro atoms. The molecule has 16 heavy (non-hydrogen) atoms. The van der Waals surface area contributed by atoms with Crippen molar-refractivity contribution in [2.24, 2.45) is 0 Å². The zero-order valence-corrected chi connectivity index (χ0v) is 10.0. The summed E-state index contributed by atoms with van der Waals surface area (Å²) in [5.41, 5.74) is 0.872. The molecular formula is C11H15N3OS. The molecule has 0 fully saturated rings. The van der Waals surface area contributed by atoms with Crippen LogP contribution in [-0.4, -0.2) is 19.9 Å². The van der Waals surface area contributed by atoms with Gasteiger partial charge in [0.05, 0.1) is 10.7 Å². The monoisotopic (exact) mass is 237 g/mol. The highest BCUT2D eigenvalue weighted by Gasteiger charge is 2.14. The summed E-state index contributed by atoms with van der Waals surface area (Å²) in [5.74, 6) is 0. The lowest BCUT2D eigenvalue weighted by atomic mass is 10.2. The molecule has 1 N–H and O–H groups in total. The topological polar surface area (TPSA) is 50.9 Å². The van der Waals surface area contributed by atoms with Gasteiger partial charge in [-0.1, -0.05) is 6.92 Å². The molecule has 0 amide bonds. The smallest absolute Gasteiger partial charge is 0.102 e. The minimum absolute atomic E-state index is 0.514. The number of aromatic nitrogens is 3. The Labute approximate surface area is 98.6 Å². The first kappa shape index (κ1) is 11.3. The van der Waals surface area contributed by atoms with Crippen molar-refractivity contribution in [2.75, 3.05) is 0 Å². The van der Waals surface area contributed by atoms with E-state index in [1.165, 1.54) is 0 Å². The van der Waals surface area contributed by atoms with Crippen LogP contribution in [-0.2, 0) is 13.0 Å². The Balaban J connectivity index is 2.08. The van der Waals surface area contributed by atoms with E-state index in [0.717, 1.165) is 23.7 Å². The molecule has 2 heterocycles. The Morgan fingerprint density at radius 2 is 2.38 bits per heavy atom. The zero-order chi connectivity index (χ0) is 11.4. The Bertz CT molecular complexity index is 424. The maximum absolute atomic E-state index is 10.1. The summed E-state index contributed by atoms with van der Waals surface area (Å²) in [4.78, 5) is 4.17. The molecule has 0 bridgehead atoms. The number of aliphatic hydroxyl groups excluding tert-OH is 1. The minimum Gasteiger partial charge on any atom is -0.386 e. The van der Waals surface area contributed by atoms with Crippen LogP contribution < -0.4 is 0 Å². The standard InChI is InChI=1S/C11H15N3OS/c1-2-6-14-9(3-4-13-14)10(15)8-11-12-5-7-16-11/h3-5,7,10,15H,2,6,8H2,1H3. The van der Waals surface area contributed by atoms with Crippen molar-refractivity contribution in [1.29, 1.82) is 0 Å². The lowest BCUT2D eigenvalue weighted by Crippen LogP contribution is -2.10. The van der Waals surface area contributed by atoms with Gasteiger partial charge in [0.2, 0.25) is 0 Å². The van der Waals surface area contributed by atoms with Crippen LogP contribution in [0.25, 0.3) is 0 Å². The molecule has 1 atom stereocenters. The van der Waals surface area contributed by atoms with E-state index in [1.807, 2.05) is 16.1 Å². The fraction of sp³-hybridized carbons (Fsp3) is 0.455. The summed E-state index contributed by atoms with van der Waals surface area (Å²) < 4.78 is 1.86. The van der Waals surface area contributed by atoms with E-state index >= 15 is 0 Å². The largest absolute Gasteiger partial charge is 0.386 e. The first-order valence-electron chi connectivity index (χ1n) is 5.39. The molecule has 0 aliphatic carbocycles. The molecule has 0 aliphatic heterocycles. The maximum Gasteiger partial charge on any atom is 0.102 e. The van der Waals surface area contributed by atoms with Gasteiger partial charge in [-0.25, -0.2) is 4.98 Å². The van der Waals surface area contributed by atoms with Crippen LogP contribution >= 0.6 is 11.3 Å². The van der Waals surface area contributed by atoms with E-state index in [1.54, 1.807) is 23.7 Å². The second-order valence-electron chi connectivity index (χ2n) is 3.62. The molecule has 4 nitrogen and oxygen atoms in total. The van der Waals surface area contributed by atoms with Crippen LogP contribution in [0.15, 0.2) is 23.8 Å². The van der Waals surface area contributed by atoms with E-state index < -0.39 is 6.10 Å². The molecule has 0 radical (unpaired) electrons. The first-order valence-corrected chi connectivity index (χ1v) is 6.27. The number of thiazole rings is 1. The van der Waals surface area contributed by atoms with E-state index in [2.05, 4.69) is 17.0 Å². The van der Waals surface area contributed by atoms with Gasteiger partial charge in [0.25, 0.3) is 0 Å². The third-order valence-electron chi connectivity index (χ3n) is 2.38. The second-order valence-corrected chi connectivity index (χ2v) is 4.60. The van der Waals surface area contributed by atoms with E-state index in [4.69, 9.17) is 0 Å². The molecule has 86 valence electrons. The van der Waals surface area contributed by atoms with E-state index in [-0.39, 0.29) is 0 Å². The average molecular weight is 237 g/mol. The van der Waals surface area contributed by atoms with Crippen molar-refractivity contribution in [2.45, 2.75) is 32.4 Å². The van der Waals surface area contributed by atoms with Gasteiger partial charge in [-0.15, -0.1) is 11.3 Å². The number of rotatable bonds is 5. The zero-order valence-electron chi connectivity index (χ0n) is 9.21. The number of nitrogens with zero attached hydrogens (tertiary/aromatic N) is 3. The predicted octanol–water partition coefficient (Wildman–Crippen LogP) is 2.03. The molecule has 2 aromatic heterocycles.